The molecule has 0 aromatic carbocycles. The predicted molar refractivity (Wildman–Crippen MR) is 49.7 cm³/mol. The van der Waals surface area contributed by atoms with E-state index in [2.05, 4.69) is 6.92 Å². The molecule has 0 radical (unpaired) electrons. The van der Waals surface area contributed by atoms with Gasteiger partial charge in [0, 0.05) is 19.3 Å². The molecule has 3 nitrogen and oxygen atoms in total. The summed E-state index contributed by atoms with van der Waals surface area (Å²) in [5.74, 6) is 1.06. The highest BCUT2D eigenvalue weighted by molar-refractivity contribution is 4.79. The van der Waals surface area contributed by atoms with E-state index < -0.39 is 0 Å². The van der Waals surface area contributed by atoms with Crippen LogP contribution in [-0.2, 0) is 4.74 Å². The zero-order valence-electron chi connectivity index (χ0n) is 7.83. The van der Waals surface area contributed by atoms with Gasteiger partial charge in [-0.25, -0.2) is 0 Å². The van der Waals surface area contributed by atoms with E-state index in [0.717, 1.165) is 26.1 Å². The molecule has 0 bridgehead atoms. The van der Waals surface area contributed by atoms with E-state index in [-0.39, 0.29) is 6.04 Å². The van der Waals surface area contributed by atoms with E-state index in [9.17, 15) is 0 Å². The SMILES string of the molecule is CC(CN)C(N)C1CCOCC1. The molecule has 0 aromatic heterocycles. The Morgan fingerprint density at radius 3 is 2.50 bits per heavy atom. The average molecular weight is 172 g/mol. The van der Waals surface area contributed by atoms with Gasteiger partial charge in [0.2, 0.25) is 0 Å². The summed E-state index contributed by atoms with van der Waals surface area (Å²) < 4.78 is 5.28. The number of hydrogen-bond acceptors (Lipinski definition) is 3. The molecule has 0 aliphatic carbocycles. The van der Waals surface area contributed by atoms with Crippen molar-refractivity contribution >= 4 is 0 Å². The molecule has 4 N–H and O–H groups in total. The second-order valence-electron chi connectivity index (χ2n) is 3.74. The number of nitrogens with two attached hydrogens (primary N) is 2. The van der Waals surface area contributed by atoms with Gasteiger partial charge in [0.05, 0.1) is 0 Å². The molecule has 1 aliphatic rings. The minimum absolute atomic E-state index is 0.263. The van der Waals surface area contributed by atoms with Crippen LogP contribution >= 0.6 is 0 Å². The van der Waals surface area contributed by atoms with Gasteiger partial charge >= 0.3 is 0 Å². The quantitative estimate of drug-likeness (QED) is 0.645. The lowest BCUT2D eigenvalue weighted by Gasteiger charge is -2.30. The van der Waals surface area contributed by atoms with Crippen LogP contribution in [0.4, 0.5) is 0 Å². The summed E-state index contributed by atoms with van der Waals surface area (Å²) in [6, 6.07) is 0.263. The Bertz CT molecular complexity index is 124. The lowest BCUT2D eigenvalue weighted by atomic mass is 9.85. The van der Waals surface area contributed by atoms with Gasteiger partial charge in [0.15, 0.2) is 0 Å². The third-order valence-corrected chi connectivity index (χ3v) is 2.84. The first-order valence-electron chi connectivity index (χ1n) is 4.79. The van der Waals surface area contributed by atoms with Crippen LogP contribution in [0.2, 0.25) is 0 Å². The van der Waals surface area contributed by atoms with Gasteiger partial charge in [-0.1, -0.05) is 6.92 Å². The maximum atomic E-state index is 6.07. The van der Waals surface area contributed by atoms with Crippen LogP contribution in [-0.4, -0.2) is 25.8 Å². The molecule has 0 amide bonds. The van der Waals surface area contributed by atoms with E-state index in [1.54, 1.807) is 0 Å². The summed E-state index contributed by atoms with van der Waals surface area (Å²) in [5, 5.41) is 0. The molecule has 12 heavy (non-hydrogen) atoms. The Balaban J connectivity index is 2.33. The molecule has 72 valence electrons. The van der Waals surface area contributed by atoms with Crippen molar-refractivity contribution in [3.05, 3.63) is 0 Å². The van der Waals surface area contributed by atoms with Gasteiger partial charge in [-0.05, 0) is 31.2 Å². The van der Waals surface area contributed by atoms with Crippen molar-refractivity contribution in [3.63, 3.8) is 0 Å². The minimum Gasteiger partial charge on any atom is -0.381 e. The van der Waals surface area contributed by atoms with Gasteiger partial charge in [-0.15, -0.1) is 0 Å². The Labute approximate surface area is 74.4 Å². The molecular formula is C9H20N2O. The second kappa shape index (κ2) is 4.80. The van der Waals surface area contributed by atoms with Crippen LogP contribution in [0.3, 0.4) is 0 Å². The normalized spacial score (nSPS) is 25.2. The Morgan fingerprint density at radius 1 is 1.42 bits per heavy atom. The predicted octanol–water partition coefficient (Wildman–Crippen LogP) is 0.335. The van der Waals surface area contributed by atoms with E-state index >= 15 is 0 Å². The summed E-state index contributed by atoms with van der Waals surface area (Å²) >= 11 is 0. The summed E-state index contributed by atoms with van der Waals surface area (Å²) in [6.45, 7) is 4.56. The van der Waals surface area contributed by atoms with Crippen molar-refractivity contribution in [3.8, 4) is 0 Å². The van der Waals surface area contributed by atoms with Gasteiger partial charge in [0.1, 0.15) is 0 Å². The first-order valence-corrected chi connectivity index (χ1v) is 4.79. The van der Waals surface area contributed by atoms with Gasteiger partial charge in [-0.2, -0.15) is 0 Å². The molecule has 3 heteroatoms. The number of rotatable bonds is 3. The molecular weight excluding hydrogens is 152 g/mol. The Morgan fingerprint density at radius 2 is 2.00 bits per heavy atom. The third kappa shape index (κ3) is 2.44. The van der Waals surface area contributed by atoms with Gasteiger partial charge < -0.3 is 16.2 Å². The third-order valence-electron chi connectivity index (χ3n) is 2.84. The zero-order chi connectivity index (χ0) is 8.97. The first kappa shape index (κ1) is 9.96. The summed E-state index contributed by atoms with van der Waals surface area (Å²) in [7, 11) is 0. The topological polar surface area (TPSA) is 61.3 Å². The van der Waals surface area contributed by atoms with Crippen LogP contribution in [0.1, 0.15) is 19.8 Å². The molecule has 0 aromatic rings. The monoisotopic (exact) mass is 172 g/mol. The van der Waals surface area contributed by atoms with Gasteiger partial charge in [-0.3, -0.25) is 0 Å². The van der Waals surface area contributed by atoms with Crippen LogP contribution in [0.15, 0.2) is 0 Å². The molecule has 1 fully saturated rings. The lowest BCUT2D eigenvalue weighted by Crippen LogP contribution is -2.41. The number of hydrogen-bond donors (Lipinski definition) is 2. The minimum atomic E-state index is 0.263. The van der Waals surface area contributed by atoms with Crippen LogP contribution in [0.25, 0.3) is 0 Å². The highest BCUT2D eigenvalue weighted by Gasteiger charge is 2.24. The zero-order valence-corrected chi connectivity index (χ0v) is 7.83. The summed E-state index contributed by atoms with van der Waals surface area (Å²) in [6.07, 6.45) is 2.21. The highest BCUT2D eigenvalue weighted by atomic mass is 16.5. The fraction of sp³-hybridized carbons (Fsp3) is 1.00. The van der Waals surface area contributed by atoms with Crippen molar-refractivity contribution in [2.24, 2.45) is 23.3 Å². The average Bonchev–Trinajstić information content (AvgIpc) is 2.17. The highest BCUT2D eigenvalue weighted by Crippen LogP contribution is 2.21. The molecule has 1 heterocycles. The van der Waals surface area contributed by atoms with Crippen molar-refractivity contribution < 1.29 is 4.74 Å². The van der Waals surface area contributed by atoms with E-state index in [1.165, 1.54) is 0 Å². The largest absolute Gasteiger partial charge is 0.381 e. The van der Waals surface area contributed by atoms with E-state index in [1.807, 2.05) is 0 Å². The van der Waals surface area contributed by atoms with Crippen molar-refractivity contribution in [2.75, 3.05) is 19.8 Å². The lowest BCUT2D eigenvalue weighted by molar-refractivity contribution is 0.0526. The van der Waals surface area contributed by atoms with E-state index in [0.29, 0.717) is 18.4 Å². The maximum Gasteiger partial charge on any atom is 0.0469 e. The Kier molecular flexibility index (Phi) is 3.98. The second-order valence-corrected chi connectivity index (χ2v) is 3.74. The molecule has 1 aliphatic heterocycles. The Hall–Kier alpha value is -0.120. The molecule has 2 unspecified atom stereocenters. The van der Waals surface area contributed by atoms with E-state index in [4.69, 9.17) is 16.2 Å². The standard InChI is InChI=1S/C9H20N2O/c1-7(6-10)9(11)8-2-4-12-5-3-8/h7-9H,2-6,10-11H2,1H3. The maximum absolute atomic E-state index is 6.07. The fourth-order valence-corrected chi connectivity index (χ4v) is 1.72. The fourth-order valence-electron chi connectivity index (χ4n) is 1.72. The molecule has 0 saturated carbocycles. The smallest absolute Gasteiger partial charge is 0.0469 e. The first-order chi connectivity index (χ1) is 5.75. The molecule has 2 atom stereocenters. The molecule has 1 rings (SSSR count). The van der Waals surface area contributed by atoms with Crippen molar-refractivity contribution in [1.82, 2.24) is 0 Å². The van der Waals surface area contributed by atoms with Crippen molar-refractivity contribution in [1.29, 1.82) is 0 Å². The van der Waals surface area contributed by atoms with Gasteiger partial charge in [0.25, 0.3) is 0 Å². The molecule has 1 saturated heterocycles. The van der Waals surface area contributed by atoms with Crippen molar-refractivity contribution in [2.45, 2.75) is 25.8 Å². The molecule has 0 spiro atoms. The van der Waals surface area contributed by atoms with Crippen LogP contribution < -0.4 is 11.5 Å². The summed E-state index contributed by atoms with van der Waals surface area (Å²) in [5.41, 5.74) is 11.6. The summed E-state index contributed by atoms with van der Waals surface area (Å²) in [4.78, 5) is 0. The van der Waals surface area contributed by atoms with Crippen LogP contribution in [0, 0.1) is 11.8 Å². The number of ether oxygens (including phenoxy) is 1. The van der Waals surface area contributed by atoms with Crippen LogP contribution in [0.5, 0.6) is 0 Å².